The van der Waals surface area contributed by atoms with Crippen LogP contribution in [0.15, 0.2) is 24.0 Å². The van der Waals surface area contributed by atoms with Gasteiger partial charge in [-0.1, -0.05) is 47.6 Å². The lowest BCUT2D eigenvalue weighted by Gasteiger charge is -2.54. The average Bonchev–Trinajstić information content (AvgIpc) is 2.04. The Labute approximate surface area is 98.7 Å². The van der Waals surface area contributed by atoms with Crippen molar-refractivity contribution in [2.45, 2.75) is 47.6 Å². The van der Waals surface area contributed by atoms with Gasteiger partial charge in [-0.25, -0.2) is 0 Å². The topological polar surface area (TPSA) is 40.5 Å². The normalized spacial score (nSPS) is 25.4. The van der Waals surface area contributed by atoms with E-state index in [-0.39, 0.29) is 16.6 Å². The van der Waals surface area contributed by atoms with Gasteiger partial charge in [-0.3, -0.25) is 0 Å². The third-order valence-electron chi connectivity index (χ3n) is 3.77. The van der Waals surface area contributed by atoms with Gasteiger partial charge in [0, 0.05) is 5.41 Å². The molecular weight excluding hydrogens is 200 g/mol. The maximum atomic E-state index is 10.4. The highest BCUT2D eigenvalue weighted by atomic mass is 16.3. The lowest BCUT2D eigenvalue weighted by atomic mass is 9.50. The summed E-state index contributed by atoms with van der Waals surface area (Å²) in [6, 6.07) is 0. The van der Waals surface area contributed by atoms with Crippen molar-refractivity contribution < 1.29 is 10.2 Å². The van der Waals surface area contributed by atoms with Crippen molar-refractivity contribution in [2.75, 3.05) is 0 Å². The van der Waals surface area contributed by atoms with Crippen LogP contribution in [0.5, 0.6) is 0 Å². The molecule has 0 heterocycles. The SMILES string of the molecule is CC(C)(C)C1(C(C)(C)C)C=C(O)C=CC1O. The second kappa shape index (κ2) is 3.63. The van der Waals surface area contributed by atoms with Crippen molar-refractivity contribution >= 4 is 0 Å². The second-order valence-electron chi connectivity index (χ2n) is 6.74. The Morgan fingerprint density at radius 2 is 1.50 bits per heavy atom. The number of aliphatic hydroxyl groups excluding tert-OH is 2. The molecule has 1 aliphatic rings. The molecule has 0 aliphatic heterocycles. The van der Waals surface area contributed by atoms with Gasteiger partial charge in [0.05, 0.1) is 6.10 Å². The highest BCUT2D eigenvalue weighted by Crippen LogP contribution is 2.56. The minimum Gasteiger partial charge on any atom is -0.508 e. The summed E-state index contributed by atoms with van der Waals surface area (Å²) in [5.74, 6) is 0.246. The summed E-state index contributed by atoms with van der Waals surface area (Å²) < 4.78 is 0. The quantitative estimate of drug-likeness (QED) is 0.661. The standard InChI is InChI=1S/C14H24O2/c1-12(2,3)14(13(4,5)6)9-10(15)7-8-11(14)16/h7-9,11,15-16H,1-6H3. The number of aliphatic hydroxyl groups is 2. The first kappa shape index (κ1) is 13.3. The van der Waals surface area contributed by atoms with Gasteiger partial charge in [0.1, 0.15) is 5.76 Å². The van der Waals surface area contributed by atoms with Gasteiger partial charge in [0.2, 0.25) is 0 Å². The second-order valence-corrected chi connectivity index (χ2v) is 6.74. The molecule has 0 aromatic rings. The molecule has 0 bridgehead atoms. The highest BCUT2D eigenvalue weighted by molar-refractivity contribution is 5.30. The molecule has 1 rings (SSSR count). The van der Waals surface area contributed by atoms with Crippen molar-refractivity contribution in [3.05, 3.63) is 24.0 Å². The van der Waals surface area contributed by atoms with E-state index in [0.717, 1.165) is 0 Å². The maximum Gasteiger partial charge on any atom is 0.112 e. The summed E-state index contributed by atoms with van der Waals surface area (Å²) in [7, 11) is 0. The number of allylic oxidation sites excluding steroid dienone is 1. The number of hydrogen-bond acceptors (Lipinski definition) is 2. The fourth-order valence-electron chi connectivity index (χ4n) is 3.15. The van der Waals surface area contributed by atoms with Gasteiger partial charge in [-0.2, -0.15) is 0 Å². The summed E-state index contributed by atoms with van der Waals surface area (Å²) in [5, 5.41) is 20.1. The summed E-state index contributed by atoms with van der Waals surface area (Å²) in [6.07, 6.45) is 4.51. The zero-order valence-electron chi connectivity index (χ0n) is 11.2. The summed E-state index contributed by atoms with van der Waals surface area (Å²) in [4.78, 5) is 0. The van der Waals surface area contributed by atoms with Crippen LogP contribution in [0, 0.1) is 16.2 Å². The first-order valence-electron chi connectivity index (χ1n) is 5.80. The van der Waals surface area contributed by atoms with Gasteiger partial charge in [0.15, 0.2) is 0 Å². The van der Waals surface area contributed by atoms with Gasteiger partial charge in [-0.15, -0.1) is 0 Å². The molecule has 1 aliphatic carbocycles. The third-order valence-corrected chi connectivity index (χ3v) is 3.77. The Bertz CT molecular complexity index is 310. The van der Waals surface area contributed by atoms with E-state index in [1.807, 2.05) is 6.08 Å². The monoisotopic (exact) mass is 224 g/mol. The first-order chi connectivity index (χ1) is 7.02. The molecule has 16 heavy (non-hydrogen) atoms. The van der Waals surface area contributed by atoms with Crippen molar-refractivity contribution in [1.29, 1.82) is 0 Å². The van der Waals surface area contributed by atoms with Crippen molar-refractivity contribution in [3.8, 4) is 0 Å². The van der Waals surface area contributed by atoms with Gasteiger partial charge in [0.25, 0.3) is 0 Å². The molecule has 92 valence electrons. The molecule has 2 heteroatoms. The van der Waals surface area contributed by atoms with Crippen molar-refractivity contribution in [2.24, 2.45) is 16.2 Å². The molecule has 1 atom stereocenters. The molecule has 0 aromatic carbocycles. The third kappa shape index (κ3) is 1.80. The Hall–Kier alpha value is -0.760. The molecule has 1 unspecified atom stereocenters. The molecule has 0 aromatic heterocycles. The zero-order valence-corrected chi connectivity index (χ0v) is 11.2. The van der Waals surface area contributed by atoms with E-state index >= 15 is 0 Å². The van der Waals surface area contributed by atoms with E-state index in [1.54, 1.807) is 12.2 Å². The van der Waals surface area contributed by atoms with Crippen LogP contribution in [0.2, 0.25) is 0 Å². The molecule has 0 saturated carbocycles. The molecule has 0 saturated heterocycles. The van der Waals surface area contributed by atoms with E-state index in [2.05, 4.69) is 41.5 Å². The maximum absolute atomic E-state index is 10.4. The Morgan fingerprint density at radius 3 is 1.81 bits per heavy atom. The van der Waals surface area contributed by atoms with E-state index in [1.165, 1.54) is 0 Å². The minimum atomic E-state index is -0.566. The van der Waals surface area contributed by atoms with Gasteiger partial charge in [-0.05, 0) is 23.0 Å². The Morgan fingerprint density at radius 1 is 1.06 bits per heavy atom. The predicted molar refractivity (Wildman–Crippen MR) is 67.2 cm³/mol. The summed E-state index contributed by atoms with van der Waals surface area (Å²) >= 11 is 0. The predicted octanol–water partition coefficient (Wildman–Crippen LogP) is 3.44. The molecule has 2 N–H and O–H groups in total. The zero-order chi connectivity index (χ0) is 12.8. The molecule has 0 amide bonds. The summed E-state index contributed by atoms with van der Waals surface area (Å²) in [6.45, 7) is 12.6. The largest absolute Gasteiger partial charge is 0.508 e. The smallest absolute Gasteiger partial charge is 0.112 e. The van der Waals surface area contributed by atoms with Crippen LogP contribution < -0.4 is 0 Å². The van der Waals surface area contributed by atoms with E-state index in [4.69, 9.17) is 0 Å². The minimum absolute atomic E-state index is 0.136. The lowest BCUT2D eigenvalue weighted by molar-refractivity contribution is -0.0730. The summed E-state index contributed by atoms with van der Waals surface area (Å²) in [5.41, 5.74) is -0.731. The lowest BCUT2D eigenvalue weighted by Crippen LogP contribution is -2.53. The van der Waals surface area contributed by atoms with E-state index < -0.39 is 11.5 Å². The van der Waals surface area contributed by atoms with Crippen LogP contribution in [0.1, 0.15) is 41.5 Å². The average molecular weight is 224 g/mol. The highest BCUT2D eigenvalue weighted by Gasteiger charge is 2.54. The molecule has 0 radical (unpaired) electrons. The fraction of sp³-hybridized carbons (Fsp3) is 0.714. The van der Waals surface area contributed by atoms with Gasteiger partial charge < -0.3 is 10.2 Å². The van der Waals surface area contributed by atoms with Crippen LogP contribution in [0.3, 0.4) is 0 Å². The van der Waals surface area contributed by atoms with Crippen molar-refractivity contribution in [3.63, 3.8) is 0 Å². The molecular formula is C14H24O2. The van der Waals surface area contributed by atoms with Crippen LogP contribution in [-0.4, -0.2) is 16.3 Å². The van der Waals surface area contributed by atoms with Crippen LogP contribution in [-0.2, 0) is 0 Å². The van der Waals surface area contributed by atoms with Crippen molar-refractivity contribution in [1.82, 2.24) is 0 Å². The van der Waals surface area contributed by atoms with E-state index in [0.29, 0.717) is 0 Å². The number of hydrogen-bond donors (Lipinski definition) is 2. The Kier molecular flexibility index (Phi) is 3.01. The van der Waals surface area contributed by atoms with Crippen LogP contribution >= 0.6 is 0 Å². The molecule has 0 spiro atoms. The number of rotatable bonds is 0. The fourth-order valence-corrected chi connectivity index (χ4v) is 3.15. The van der Waals surface area contributed by atoms with Crippen LogP contribution in [0.25, 0.3) is 0 Å². The molecule has 0 fully saturated rings. The van der Waals surface area contributed by atoms with Gasteiger partial charge >= 0.3 is 0 Å². The van der Waals surface area contributed by atoms with Crippen LogP contribution in [0.4, 0.5) is 0 Å². The first-order valence-corrected chi connectivity index (χ1v) is 5.80. The molecule has 2 nitrogen and oxygen atoms in total. The Balaban J connectivity index is 3.43. The van der Waals surface area contributed by atoms with E-state index in [9.17, 15) is 10.2 Å².